The van der Waals surface area contributed by atoms with Crippen molar-refractivity contribution in [1.29, 1.82) is 0 Å². The van der Waals surface area contributed by atoms with Crippen LogP contribution in [0, 0.1) is 5.82 Å². The van der Waals surface area contributed by atoms with Crippen LogP contribution in [0.15, 0.2) is 24.4 Å². The molecule has 0 atom stereocenters. The van der Waals surface area contributed by atoms with Crippen molar-refractivity contribution in [3.05, 3.63) is 30.2 Å². The zero-order valence-corrected chi connectivity index (χ0v) is 19.1. The first kappa shape index (κ1) is 23.9. The lowest BCUT2D eigenvalue weighted by atomic mass is 10.0. The Hall–Kier alpha value is -2.79. The zero-order valence-electron chi connectivity index (χ0n) is 18.2. The molecule has 0 aliphatic carbocycles. The SMILES string of the molecule is CC(C)(C)Nc1ncc(F)c(Nc2ccc3c(c2)N(COP(=O)(O)O)C(=O)C(C)(C)O3)n1. The molecule has 3 rings (SSSR count). The molecule has 0 bridgehead atoms. The van der Waals surface area contributed by atoms with Gasteiger partial charge in [0.15, 0.2) is 17.2 Å². The van der Waals surface area contributed by atoms with Crippen molar-refractivity contribution in [3.63, 3.8) is 0 Å². The van der Waals surface area contributed by atoms with E-state index in [2.05, 4.69) is 25.1 Å². The van der Waals surface area contributed by atoms with Crippen LogP contribution in [0.2, 0.25) is 0 Å². The van der Waals surface area contributed by atoms with Crippen LogP contribution in [0.1, 0.15) is 34.6 Å². The molecule has 1 aliphatic heterocycles. The molecule has 2 heterocycles. The molecule has 0 radical (unpaired) electrons. The Labute approximate surface area is 184 Å². The molecule has 174 valence electrons. The molecule has 0 fully saturated rings. The highest BCUT2D eigenvalue weighted by Gasteiger charge is 2.41. The summed E-state index contributed by atoms with van der Waals surface area (Å²) in [6, 6.07) is 4.60. The van der Waals surface area contributed by atoms with Gasteiger partial charge < -0.3 is 25.2 Å². The average Bonchev–Trinajstić information content (AvgIpc) is 2.63. The van der Waals surface area contributed by atoms with Crippen LogP contribution >= 0.6 is 7.82 Å². The van der Waals surface area contributed by atoms with Gasteiger partial charge in [0, 0.05) is 11.2 Å². The van der Waals surface area contributed by atoms with E-state index in [9.17, 15) is 13.8 Å². The quantitative estimate of drug-likeness (QED) is 0.465. The Morgan fingerprint density at radius 2 is 2.00 bits per heavy atom. The van der Waals surface area contributed by atoms with Crippen LogP contribution in [-0.2, 0) is 13.9 Å². The van der Waals surface area contributed by atoms with E-state index in [-0.39, 0.29) is 28.7 Å². The van der Waals surface area contributed by atoms with E-state index in [1.165, 1.54) is 19.9 Å². The van der Waals surface area contributed by atoms with Crippen LogP contribution in [0.3, 0.4) is 0 Å². The largest absolute Gasteiger partial charge is 0.476 e. The molecule has 4 N–H and O–H groups in total. The number of nitrogens with zero attached hydrogens (tertiary/aromatic N) is 3. The van der Waals surface area contributed by atoms with Gasteiger partial charge in [0.1, 0.15) is 12.5 Å². The number of phosphoric acid groups is 1. The Morgan fingerprint density at radius 3 is 2.62 bits per heavy atom. The van der Waals surface area contributed by atoms with Gasteiger partial charge in [-0.05, 0) is 52.8 Å². The number of halogens is 1. The summed E-state index contributed by atoms with van der Waals surface area (Å²) < 4.78 is 35.7. The second-order valence-corrected chi connectivity index (χ2v) is 9.91. The monoisotopic (exact) mass is 469 g/mol. The third-order valence-corrected chi connectivity index (χ3v) is 4.68. The van der Waals surface area contributed by atoms with E-state index in [0.717, 1.165) is 11.1 Å². The number of carbonyl (C=O) groups excluding carboxylic acids is 1. The normalized spacial score (nSPS) is 15.8. The summed E-state index contributed by atoms with van der Waals surface area (Å²) in [7, 11) is -4.83. The van der Waals surface area contributed by atoms with Crippen LogP contribution in [-0.4, -0.2) is 43.5 Å². The summed E-state index contributed by atoms with van der Waals surface area (Å²) in [5.74, 6) is -0.866. The van der Waals surface area contributed by atoms with Crippen LogP contribution in [0.5, 0.6) is 5.75 Å². The summed E-state index contributed by atoms with van der Waals surface area (Å²) >= 11 is 0. The van der Waals surface area contributed by atoms with E-state index >= 15 is 0 Å². The number of rotatable bonds is 6. The van der Waals surface area contributed by atoms with Crippen LogP contribution in [0.4, 0.5) is 27.5 Å². The number of hydrogen-bond acceptors (Lipinski definition) is 8. The molecule has 13 heteroatoms. The second-order valence-electron chi connectivity index (χ2n) is 8.67. The Bertz CT molecular complexity index is 1080. The lowest BCUT2D eigenvalue weighted by molar-refractivity contribution is -0.133. The lowest BCUT2D eigenvalue weighted by Crippen LogP contribution is -2.53. The van der Waals surface area contributed by atoms with Gasteiger partial charge in [-0.15, -0.1) is 0 Å². The number of amides is 1. The number of carbonyl (C=O) groups is 1. The van der Waals surface area contributed by atoms with E-state index in [1.807, 2.05) is 20.8 Å². The number of fused-ring (bicyclic) bond motifs is 1. The highest BCUT2D eigenvalue weighted by Crippen LogP contribution is 2.42. The summed E-state index contributed by atoms with van der Waals surface area (Å²) in [5, 5.41) is 5.87. The molecule has 0 saturated heterocycles. The Balaban J connectivity index is 1.93. The molecule has 0 saturated carbocycles. The predicted molar refractivity (Wildman–Crippen MR) is 115 cm³/mol. The van der Waals surface area contributed by atoms with Gasteiger partial charge in [-0.25, -0.2) is 13.9 Å². The van der Waals surface area contributed by atoms with Crippen LogP contribution in [0.25, 0.3) is 0 Å². The molecule has 2 aromatic rings. The molecule has 0 spiro atoms. The third kappa shape index (κ3) is 5.71. The van der Waals surface area contributed by atoms with Gasteiger partial charge in [0.05, 0.1) is 11.9 Å². The number of ether oxygens (including phenoxy) is 1. The van der Waals surface area contributed by atoms with Gasteiger partial charge in [-0.3, -0.25) is 14.2 Å². The highest BCUT2D eigenvalue weighted by atomic mass is 31.2. The maximum atomic E-state index is 14.3. The van der Waals surface area contributed by atoms with Crippen molar-refractivity contribution in [2.75, 3.05) is 22.3 Å². The summed E-state index contributed by atoms with van der Waals surface area (Å²) in [6.45, 7) is 8.06. The maximum absolute atomic E-state index is 14.3. The fraction of sp³-hybridized carbons (Fsp3) is 0.421. The molecule has 1 aromatic heterocycles. The number of phosphoric ester groups is 1. The summed E-state index contributed by atoms with van der Waals surface area (Å²) in [6.07, 6.45) is 1.02. The van der Waals surface area contributed by atoms with Gasteiger partial charge in [0.2, 0.25) is 5.95 Å². The minimum Gasteiger partial charge on any atom is -0.476 e. The lowest BCUT2D eigenvalue weighted by Gasteiger charge is -2.38. The van der Waals surface area contributed by atoms with Gasteiger partial charge in [-0.2, -0.15) is 4.98 Å². The maximum Gasteiger partial charge on any atom is 0.471 e. The third-order valence-electron chi connectivity index (χ3n) is 4.22. The van der Waals surface area contributed by atoms with E-state index < -0.39 is 31.9 Å². The molecular weight excluding hydrogens is 444 g/mol. The van der Waals surface area contributed by atoms with Gasteiger partial charge in [0.25, 0.3) is 5.91 Å². The van der Waals surface area contributed by atoms with Crippen molar-refractivity contribution >= 4 is 36.9 Å². The minimum absolute atomic E-state index is 0.104. The predicted octanol–water partition coefficient (Wildman–Crippen LogP) is 3.14. The van der Waals surface area contributed by atoms with Crippen molar-refractivity contribution in [2.45, 2.75) is 45.8 Å². The fourth-order valence-electron chi connectivity index (χ4n) is 2.89. The van der Waals surface area contributed by atoms with Gasteiger partial charge >= 0.3 is 7.82 Å². The molecule has 32 heavy (non-hydrogen) atoms. The Kier molecular flexibility index (Phi) is 6.18. The standard InChI is InChI=1S/C19H25FN5O6P/c1-18(2,3)24-17-21-9-12(20)15(23-17)22-11-6-7-14-13(8-11)25(10-30-32(27,28)29)16(26)19(4,5)31-14/h6-9H,10H2,1-5H3,(H2,27,28,29)(H2,21,22,23,24). The molecule has 1 aromatic carbocycles. The van der Waals surface area contributed by atoms with Crippen molar-refractivity contribution < 1.29 is 32.8 Å². The smallest absolute Gasteiger partial charge is 0.471 e. The van der Waals surface area contributed by atoms with Gasteiger partial charge in [-0.1, -0.05) is 0 Å². The number of aromatic nitrogens is 2. The molecule has 11 nitrogen and oxygen atoms in total. The first-order valence-electron chi connectivity index (χ1n) is 9.57. The molecule has 1 amide bonds. The van der Waals surface area contributed by atoms with Crippen molar-refractivity contribution in [3.8, 4) is 5.75 Å². The minimum atomic E-state index is -4.83. The summed E-state index contributed by atoms with van der Waals surface area (Å²) in [5.41, 5.74) is -1.09. The number of hydrogen-bond donors (Lipinski definition) is 4. The highest BCUT2D eigenvalue weighted by molar-refractivity contribution is 7.46. The second kappa shape index (κ2) is 8.28. The average molecular weight is 469 g/mol. The summed E-state index contributed by atoms with van der Waals surface area (Å²) in [4.78, 5) is 40.0. The molecular formula is C19H25FN5O6P. The van der Waals surface area contributed by atoms with E-state index in [1.54, 1.807) is 12.1 Å². The first-order chi connectivity index (χ1) is 14.6. The number of nitrogens with one attached hydrogen (secondary N) is 2. The molecule has 0 unspecified atom stereocenters. The number of anilines is 4. The number of benzene rings is 1. The zero-order chi connectivity index (χ0) is 23.9. The van der Waals surface area contributed by atoms with Crippen molar-refractivity contribution in [2.24, 2.45) is 0 Å². The van der Waals surface area contributed by atoms with E-state index in [0.29, 0.717) is 5.69 Å². The first-order valence-corrected chi connectivity index (χ1v) is 11.1. The molecule has 1 aliphatic rings. The topological polar surface area (TPSA) is 146 Å². The van der Waals surface area contributed by atoms with Crippen LogP contribution < -0.4 is 20.3 Å². The fourth-order valence-corrected chi connectivity index (χ4v) is 3.16. The van der Waals surface area contributed by atoms with E-state index in [4.69, 9.17) is 14.5 Å². The Morgan fingerprint density at radius 1 is 1.31 bits per heavy atom. The van der Waals surface area contributed by atoms with Crippen molar-refractivity contribution in [1.82, 2.24) is 9.97 Å².